The lowest BCUT2D eigenvalue weighted by Gasteiger charge is -2.00. The molecule has 0 bridgehead atoms. The van der Waals surface area contributed by atoms with Crippen LogP contribution in [0.4, 0.5) is 5.95 Å². The molecule has 1 amide bonds. The number of aromatic amines is 3. The first-order valence-corrected chi connectivity index (χ1v) is 6.13. The summed E-state index contributed by atoms with van der Waals surface area (Å²) in [5.41, 5.74) is 0.621. The van der Waals surface area contributed by atoms with Gasteiger partial charge in [0.05, 0.1) is 0 Å². The fraction of sp³-hybridized carbons (Fsp3) is 0. The fourth-order valence-corrected chi connectivity index (χ4v) is 1.95. The Labute approximate surface area is 117 Å². The molecule has 0 fully saturated rings. The number of fused-ring (bicyclic) bond motifs is 1. The van der Waals surface area contributed by atoms with Crippen molar-refractivity contribution in [3.63, 3.8) is 0 Å². The standard InChI is InChI=1S/C12H9N5O2S/c18-9(6-4-2-1-3-5-6)16-11-13-7-8(14-11)15-12(20)17-10(7)19/h1-5H,(H4,13,14,15,16,17,18,19,20). The number of amides is 1. The molecule has 3 aromatic rings. The molecule has 7 nitrogen and oxygen atoms in total. The van der Waals surface area contributed by atoms with Gasteiger partial charge in [0.2, 0.25) is 5.95 Å². The Morgan fingerprint density at radius 3 is 2.65 bits per heavy atom. The molecule has 3 rings (SSSR count). The summed E-state index contributed by atoms with van der Waals surface area (Å²) in [5, 5.41) is 2.58. The van der Waals surface area contributed by atoms with E-state index in [-0.39, 0.29) is 22.1 Å². The summed E-state index contributed by atoms with van der Waals surface area (Å²) in [6.07, 6.45) is 0. The van der Waals surface area contributed by atoms with Crippen LogP contribution in [-0.4, -0.2) is 25.8 Å². The molecule has 0 saturated carbocycles. The molecule has 4 N–H and O–H groups in total. The van der Waals surface area contributed by atoms with Gasteiger partial charge in [0.1, 0.15) is 0 Å². The predicted molar refractivity (Wildman–Crippen MR) is 76.3 cm³/mol. The molecule has 20 heavy (non-hydrogen) atoms. The Balaban J connectivity index is 1.96. The molecular formula is C12H9N5O2S. The molecular weight excluding hydrogens is 278 g/mol. The molecule has 0 saturated heterocycles. The van der Waals surface area contributed by atoms with Crippen LogP contribution in [0.15, 0.2) is 35.1 Å². The first-order chi connectivity index (χ1) is 9.63. The van der Waals surface area contributed by atoms with Gasteiger partial charge < -0.3 is 9.97 Å². The average Bonchev–Trinajstić information content (AvgIpc) is 2.82. The van der Waals surface area contributed by atoms with E-state index in [1.807, 2.05) is 6.07 Å². The minimum atomic E-state index is -0.392. The van der Waals surface area contributed by atoms with E-state index in [1.54, 1.807) is 24.3 Å². The quantitative estimate of drug-likeness (QED) is 0.536. The molecule has 8 heteroatoms. The number of H-pyrrole nitrogens is 3. The number of hydrogen-bond acceptors (Lipinski definition) is 4. The average molecular weight is 287 g/mol. The summed E-state index contributed by atoms with van der Waals surface area (Å²) < 4.78 is 0.176. The van der Waals surface area contributed by atoms with Gasteiger partial charge in [0.15, 0.2) is 15.9 Å². The van der Waals surface area contributed by atoms with Crippen molar-refractivity contribution < 1.29 is 4.79 Å². The van der Waals surface area contributed by atoms with Gasteiger partial charge >= 0.3 is 0 Å². The van der Waals surface area contributed by atoms with E-state index in [4.69, 9.17) is 12.2 Å². The van der Waals surface area contributed by atoms with Gasteiger partial charge in [-0.15, -0.1) is 0 Å². The Bertz CT molecular complexity index is 893. The predicted octanol–water partition coefficient (Wildman–Crippen LogP) is 1.56. The number of anilines is 1. The molecule has 0 spiro atoms. The number of nitrogens with zero attached hydrogens (tertiary/aromatic N) is 1. The lowest BCUT2D eigenvalue weighted by Crippen LogP contribution is -2.12. The maximum absolute atomic E-state index is 12.0. The van der Waals surface area contributed by atoms with E-state index in [0.29, 0.717) is 11.2 Å². The van der Waals surface area contributed by atoms with Gasteiger partial charge in [-0.2, -0.15) is 4.98 Å². The van der Waals surface area contributed by atoms with Crippen LogP contribution < -0.4 is 10.9 Å². The molecule has 0 aliphatic heterocycles. The third-order valence-corrected chi connectivity index (χ3v) is 2.86. The zero-order valence-electron chi connectivity index (χ0n) is 10.1. The molecule has 2 aromatic heterocycles. The Kier molecular flexibility index (Phi) is 2.92. The van der Waals surface area contributed by atoms with E-state index in [9.17, 15) is 9.59 Å². The zero-order chi connectivity index (χ0) is 14.1. The summed E-state index contributed by atoms with van der Waals surface area (Å²) in [6, 6.07) is 8.69. The van der Waals surface area contributed by atoms with Gasteiger partial charge in [-0.05, 0) is 24.4 Å². The topological polar surface area (TPSA) is 106 Å². The molecule has 0 aliphatic carbocycles. The van der Waals surface area contributed by atoms with Crippen LogP contribution in [0.1, 0.15) is 10.4 Å². The van der Waals surface area contributed by atoms with Crippen LogP contribution in [0.25, 0.3) is 11.2 Å². The second-order valence-corrected chi connectivity index (χ2v) is 4.45. The van der Waals surface area contributed by atoms with Crippen molar-refractivity contribution in [2.45, 2.75) is 0 Å². The number of aromatic nitrogens is 4. The van der Waals surface area contributed by atoms with Gasteiger partial charge in [-0.25, -0.2) is 0 Å². The fourth-order valence-electron chi connectivity index (χ4n) is 1.76. The Hall–Kier alpha value is -2.74. The maximum Gasteiger partial charge on any atom is 0.277 e. The lowest BCUT2D eigenvalue weighted by atomic mass is 10.2. The van der Waals surface area contributed by atoms with Crippen LogP contribution in [-0.2, 0) is 0 Å². The van der Waals surface area contributed by atoms with Gasteiger partial charge in [0, 0.05) is 5.56 Å². The van der Waals surface area contributed by atoms with E-state index in [2.05, 4.69) is 25.3 Å². The van der Waals surface area contributed by atoms with Crippen LogP contribution in [0.2, 0.25) is 0 Å². The van der Waals surface area contributed by atoms with E-state index in [0.717, 1.165) is 0 Å². The number of hydrogen-bond donors (Lipinski definition) is 4. The molecule has 2 heterocycles. The van der Waals surface area contributed by atoms with Crippen molar-refractivity contribution in [1.82, 2.24) is 19.9 Å². The SMILES string of the molecule is O=C(Nc1nc2[nH]c(=S)[nH]c(=O)c2[nH]1)c1ccccc1. The Morgan fingerprint density at radius 2 is 1.90 bits per heavy atom. The number of carbonyl (C=O) groups excluding carboxylic acids is 1. The first-order valence-electron chi connectivity index (χ1n) is 5.72. The largest absolute Gasteiger partial charge is 0.318 e. The Morgan fingerprint density at radius 1 is 1.15 bits per heavy atom. The minimum absolute atomic E-state index is 0.176. The van der Waals surface area contributed by atoms with E-state index < -0.39 is 5.56 Å². The summed E-state index contributed by atoms with van der Waals surface area (Å²) >= 11 is 4.85. The molecule has 0 atom stereocenters. The highest BCUT2D eigenvalue weighted by molar-refractivity contribution is 7.71. The number of benzene rings is 1. The third-order valence-electron chi connectivity index (χ3n) is 2.66. The number of carbonyl (C=O) groups is 1. The summed E-state index contributed by atoms with van der Waals surface area (Å²) in [5.74, 6) is -0.143. The van der Waals surface area contributed by atoms with Crippen LogP contribution in [0, 0.1) is 4.77 Å². The van der Waals surface area contributed by atoms with Crippen LogP contribution in [0.3, 0.4) is 0 Å². The summed E-state index contributed by atoms with van der Waals surface area (Å²) in [7, 11) is 0. The van der Waals surface area contributed by atoms with Crippen molar-refractivity contribution in [3.05, 3.63) is 51.0 Å². The van der Waals surface area contributed by atoms with Gasteiger partial charge in [0.25, 0.3) is 11.5 Å². The maximum atomic E-state index is 12.0. The van der Waals surface area contributed by atoms with E-state index in [1.165, 1.54) is 0 Å². The van der Waals surface area contributed by atoms with Crippen molar-refractivity contribution in [2.24, 2.45) is 0 Å². The molecule has 0 radical (unpaired) electrons. The molecule has 1 aromatic carbocycles. The zero-order valence-corrected chi connectivity index (χ0v) is 10.9. The van der Waals surface area contributed by atoms with Crippen molar-refractivity contribution in [3.8, 4) is 0 Å². The first kappa shape index (κ1) is 12.3. The number of rotatable bonds is 2. The van der Waals surface area contributed by atoms with Crippen LogP contribution in [0.5, 0.6) is 0 Å². The monoisotopic (exact) mass is 287 g/mol. The molecule has 100 valence electrons. The number of imidazole rings is 1. The highest BCUT2D eigenvalue weighted by atomic mass is 32.1. The molecule has 0 unspecified atom stereocenters. The highest BCUT2D eigenvalue weighted by Crippen LogP contribution is 2.09. The lowest BCUT2D eigenvalue weighted by molar-refractivity contribution is 0.102. The second kappa shape index (κ2) is 4.74. The minimum Gasteiger partial charge on any atom is -0.318 e. The van der Waals surface area contributed by atoms with E-state index >= 15 is 0 Å². The summed E-state index contributed by atoms with van der Waals surface area (Å²) in [4.78, 5) is 35.6. The normalized spacial score (nSPS) is 10.6. The number of nitrogens with one attached hydrogen (secondary N) is 4. The van der Waals surface area contributed by atoms with Crippen molar-refractivity contribution >= 4 is 35.2 Å². The summed E-state index contributed by atoms with van der Waals surface area (Å²) in [6.45, 7) is 0. The van der Waals surface area contributed by atoms with Crippen molar-refractivity contribution in [2.75, 3.05) is 5.32 Å². The molecule has 0 aliphatic rings. The third kappa shape index (κ3) is 2.24. The highest BCUT2D eigenvalue weighted by Gasteiger charge is 2.10. The van der Waals surface area contributed by atoms with Crippen LogP contribution >= 0.6 is 12.2 Å². The van der Waals surface area contributed by atoms with Gasteiger partial charge in [-0.1, -0.05) is 18.2 Å². The van der Waals surface area contributed by atoms with Gasteiger partial charge in [-0.3, -0.25) is 19.9 Å². The smallest absolute Gasteiger partial charge is 0.277 e. The van der Waals surface area contributed by atoms with Crippen molar-refractivity contribution in [1.29, 1.82) is 0 Å². The second-order valence-electron chi connectivity index (χ2n) is 4.04.